The molecule has 2 rings (SSSR count). The van der Waals surface area contributed by atoms with E-state index < -0.39 is 28.4 Å². The zero-order chi connectivity index (χ0) is 16.9. The number of benzene rings is 2. The van der Waals surface area contributed by atoms with Crippen LogP contribution >= 0.6 is 11.6 Å². The number of hydrogen-bond acceptors (Lipinski definition) is 4. The van der Waals surface area contributed by atoms with E-state index in [0.29, 0.717) is 5.02 Å². The molecule has 23 heavy (non-hydrogen) atoms. The van der Waals surface area contributed by atoms with Crippen molar-refractivity contribution in [1.29, 1.82) is 0 Å². The Balaban J connectivity index is 1.86. The zero-order valence-electron chi connectivity index (χ0n) is 11.6. The first-order chi connectivity index (χ1) is 10.9. The second-order valence-electron chi connectivity index (χ2n) is 4.35. The Morgan fingerprint density at radius 2 is 1.70 bits per heavy atom. The summed E-state index contributed by atoms with van der Waals surface area (Å²) in [5.41, 5.74) is 2.01. The van der Waals surface area contributed by atoms with Gasteiger partial charge in [-0.1, -0.05) is 11.6 Å². The number of hydrazine groups is 1. The number of amides is 1. The van der Waals surface area contributed by atoms with E-state index in [9.17, 15) is 17.6 Å². The molecular formula is C14H12ClFN2O4S. The lowest BCUT2D eigenvalue weighted by atomic mass is 10.3. The number of carbonyl (C=O) groups is 1. The molecule has 0 fully saturated rings. The van der Waals surface area contributed by atoms with Crippen molar-refractivity contribution in [3.05, 3.63) is 59.4 Å². The molecule has 0 saturated heterocycles. The van der Waals surface area contributed by atoms with E-state index in [1.165, 1.54) is 48.5 Å². The van der Waals surface area contributed by atoms with E-state index in [4.69, 9.17) is 16.3 Å². The summed E-state index contributed by atoms with van der Waals surface area (Å²) >= 11 is 5.67. The van der Waals surface area contributed by atoms with Gasteiger partial charge in [0.15, 0.2) is 6.61 Å². The van der Waals surface area contributed by atoms with E-state index in [0.717, 1.165) is 0 Å². The Bertz CT molecular complexity index is 779. The summed E-state index contributed by atoms with van der Waals surface area (Å²) in [5.74, 6) is -0.869. The summed E-state index contributed by atoms with van der Waals surface area (Å²) in [6.07, 6.45) is 0. The van der Waals surface area contributed by atoms with Crippen LogP contribution in [0.2, 0.25) is 5.02 Å². The molecule has 0 unspecified atom stereocenters. The van der Waals surface area contributed by atoms with E-state index >= 15 is 0 Å². The molecule has 0 aromatic heterocycles. The van der Waals surface area contributed by atoms with Crippen LogP contribution in [0, 0.1) is 5.82 Å². The van der Waals surface area contributed by atoms with Gasteiger partial charge in [-0.15, -0.1) is 4.83 Å². The van der Waals surface area contributed by atoms with E-state index in [2.05, 4.69) is 0 Å². The first kappa shape index (κ1) is 17.2. The molecule has 0 aliphatic rings. The minimum atomic E-state index is -3.91. The second kappa shape index (κ2) is 7.40. The maximum atomic E-state index is 12.7. The molecule has 2 aromatic carbocycles. The van der Waals surface area contributed by atoms with Gasteiger partial charge in [0.25, 0.3) is 15.9 Å². The molecule has 9 heteroatoms. The van der Waals surface area contributed by atoms with Crippen molar-refractivity contribution in [2.24, 2.45) is 0 Å². The Kier molecular flexibility index (Phi) is 5.54. The van der Waals surface area contributed by atoms with Gasteiger partial charge in [-0.3, -0.25) is 10.2 Å². The molecule has 0 saturated carbocycles. The van der Waals surface area contributed by atoms with Crippen molar-refractivity contribution in [3.8, 4) is 5.75 Å². The van der Waals surface area contributed by atoms with Gasteiger partial charge in [-0.05, 0) is 48.5 Å². The normalized spacial score (nSPS) is 11.0. The Labute approximate surface area is 137 Å². The van der Waals surface area contributed by atoms with Crippen molar-refractivity contribution in [2.45, 2.75) is 4.90 Å². The highest BCUT2D eigenvalue weighted by molar-refractivity contribution is 7.89. The number of sulfonamides is 1. The molecule has 1 amide bonds. The van der Waals surface area contributed by atoms with Crippen LogP contribution in [0.4, 0.5) is 4.39 Å². The van der Waals surface area contributed by atoms with Crippen LogP contribution in [-0.4, -0.2) is 20.9 Å². The lowest BCUT2D eigenvalue weighted by Gasteiger charge is -2.09. The molecule has 122 valence electrons. The minimum absolute atomic E-state index is 0.0540. The van der Waals surface area contributed by atoms with Crippen LogP contribution in [0.3, 0.4) is 0 Å². The third kappa shape index (κ3) is 5.20. The Morgan fingerprint density at radius 3 is 2.30 bits per heavy atom. The molecule has 2 N–H and O–H groups in total. The minimum Gasteiger partial charge on any atom is -0.484 e. The molecule has 0 radical (unpaired) electrons. The van der Waals surface area contributed by atoms with Gasteiger partial charge in [0.2, 0.25) is 0 Å². The quantitative estimate of drug-likeness (QED) is 0.772. The maximum absolute atomic E-state index is 12.7. The van der Waals surface area contributed by atoms with Gasteiger partial charge in [0.05, 0.1) is 4.90 Å². The predicted molar refractivity (Wildman–Crippen MR) is 81.8 cm³/mol. The van der Waals surface area contributed by atoms with Gasteiger partial charge >= 0.3 is 0 Å². The van der Waals surface area contributed by atoms with Crippen LogP contribution in [0.25, 0.3) is 0 Å². The topological polar surface area (TPSA) is 84.5 Å². The first-order valence-electron chi connectivity index (χ1n) is 6.31. The monoisotopic (exact) mass is 358 g/mol. The standard InChI is InChI=1S/C14H12ClFN2O4S/c15-10-1-7-13(8-2-10)23(20,21)18-17-14(19)9-22-12-5-3-11(16)4-6-12/h1-8,18H,9H2,(H,17,19). The first-order valence-corrected chi connectivity index (χ1v) is 8.17. The van der Waals surface area contributed by atoms with Gasteiger partial charge in [-0.2, -0.15) is 0 Å². The number of hydrogen-bond donors (Lipinski definition) is 2. The average Bonchev–Trinajstić information content (AvgIpc) is 2.53. The largest absolute Gasteiger partial charge is 0.484 e. The van der Waals surface area contributed by atoms with Crippen LogP contribution in [0.5, 0.6) is 5.75 Å². The van der Waals surface area contributed by atoms with Crippen LogP contribution in [-0.2, 0) is 14.8 Å². The Hall–Kier alpha value is -2.16. The molecule has 0 aliphatic carbocycles. The summed E-state index contributed by atoms with van der Waals surface area (Å²) in [6.45, 7) is -0.436. The summed E-state index contributed by atoms with van der Waals surface area (Å²) in [6, 6.07) is 10.5. The SMILES string of the molecule is O=C(COc1ccc(F)cc1)NNS(=O)(=O)c1ccc(Cl)cc1. The van der Waals surface area contributed by atoms with Crippen molar-refractivity contribution in [1.82, 2.24) is 10.3 Å². The van der Waals surface area contributed by atoms with E-state index in [-0.39, 0.29) is 10.6 Å². The maximum Gasteiger partial charge on any atom is 0.272 e. The molecule has 6 nitrogen and oxygen atoms in total. The van der Waals surface area contributed by atoms with Gasteiger partial charge in [-0.25, -0.2) is 12.8 Å². The van der Waals surface area contributed by atoms with Crippen molar-refractivity contribution < 1.29 is 22.3 Å². The number of carbonyl (C=O) groups excluding carboxylic acids is 1. The number of nitrogens with one attached hydrogen (secondary N) is 2. The average molecular weight is 359 g/mol. The molecule has 0 aliphatic heterocycles. The van der Waals surface area contributed by atoms with Gasteiger partial charge in [0.1, 0.15) is 11.6 Å². The zero-order valence-corrected chi connectivity index (χ0v) is 13.2. The third-order valence-corrected chi connectivity index (χ3v) is 4.15. The lowest BCUT2D eigenvalue weighted by molar-refractivity contribution is -0.123. The van der Waals surface area contributed by atoms with Crippen LogP contribution < -0.4 is 15.0 Å². The summed E-state index contributed by atoms with van der Waals surface area (Å²) in [7, 11) is -3.91. The number of halogens is 2. The molecule has 0 spiro atoms. The van der Waals surface area contributed by atoms with Gasteiger partial charge < -0.3 is 4.74 Å². The Morgan fingerprint density at radius 1 is 1.09 bits per heavy atom. The van der Waals surface area contributed by atoms with Crippen molar-refractivity contribution in [2.75, 3.05) is 6.61 Å². The third-order valence-electron chi connectivity index (χ3n) is 2.63. The number of rotatable bonds is 6. The summed E-state index contributed by atoms with van der Waals surface area (Å²) in [4.78, 5) is 13.4. The smallest absolute Gasteiger partial charge is 0.272 e. The highest BCUT2D eigenvalue weighted by Crippen LogP contribution is 2.13. The molecule has 0 atom stereocenters. The highest BCUT2D eigenvalue weighted by Gasteiger charge is 2.15. The van der Waals surface area contributed by atoms with Crippen LogP contribution in [0.15, 0.2) is 53.4 Å². The molecule has 0 bridgehead atoms. The summed E-state index contributed by atoms with van der Waals surface area (Å²) < 4.78 is 41.6. The fourth-order valence-electron chi connectivity index (χ4n) is 1.51. The molecule has 0 heterocycles. The van der Waals surface area contributed by atoms with Crippen molar-refractivity contribution >= 4 is 27.5 Å². The fourth-order valence-corrected chi connectivity index (χ4v) is 2.50. The van der Waals surface area contributed by atoms with E-state index in [1.807, 2.05) is 10.3 Å². The van der Waals surface area contributed by atoms with E-state index in [1.54, 1.807) is 0 Å². The molecular weight excluding hydrogens is 347 g/mol. The highest BCUT2D eigenvalue weighted by atomic mass is 35.5. The summed E-state index contributed by atoms with van der Waals surface area (Å²) in [5, 5.41) is 0.390. The van der Waals surface area contributed by atoms with Crippen molar-refractivity contribution in [3.63, 3.8) is 0 Å². The second-order valence-corrected chi connectivity index (χ2v) is 6.47. The van der Waals surface area contributed by atoms with Gasteiger partial charge in [0, 0.05) is 5.02 Å². The fraction of sp³-hybridized carbons (Fsp3) is 0.0714. The van der Waals surface area contributed by atoms with Crippen LogP contribution in [0.1, 0.15) is 0 Å². The predicted octanol–water partition coefficient (Wildman–Crippen LogP) is 1.87. The lowest BCUT2D eigenvalue weighted by Crippen LogP contribution is -2.43. The number of ether oxygens (including phenoxy) is 1. The molecule has 2 aromatic rings.